The molecule has 0 heterocycles. The van der Waals surface area contributed by atoms with Crippen LogP contribution >= 0.6 is 0 Å². The van der Waals surface area contributed by atoms with E-state index in [-0.39, 0.29) is 11.3 Å². The van der Waals surface area contributed by atoms with Crippen molar-refractivity contribution in [2.45, 2.75) is 57.9 Å². The van der Waals surface area contributed by atoms with Crippen molar-refractivity contribution in [1.82, 2.24) is 5.32 Å². The van der Waals surface area contributed by atoms with Gasteiger partial charge in [0.15, 0.2) is 0 Å². The minimum Gasteiger partial charge on any atom is -0.325 e. The monoisotopic (exact) mass is 274 g/mol. The molecule has 2 N–H and O–H groups in total. The molecule has 1 amide bonds. The highest BCUT2D eigenvalue weighted by Crippen LogP contribution is 2.29. The van der Waals surface area contributed by atoms with E-state index >= 15 is 0 Å². The molecule has 3 nitrogen and oxygen atoms in total. The molecule has 1 saturated carbocycles. The number of hydrogen-bond acceptors (Lipinski definition) is 2. The Morgan fingerprint density at radius 2 is 1.85 bits per heavy atom. The van der Waals surface area contributed by atoms with Crippen LogP contribution < -0.4 is 10.6 Å². The van der Waals surface area contributed by atoms with Crippen LogP contribution in [0.1, 0.15) is 52.0 Å². The smallest absolute Gasteiger partial charge is 0.238 e. The number of carbonyl (C=O) groups excluding carboxylic acids is 1. The second kappa shape index (κ2) is 6.40. The van der Waals surface area contributed by atoms with Crippen molar-refractivity contribution in [2.75, 3.05) is 11.9 Å². The predicted octanol–water partition coefficient (Wildman–Crippen LogP) is 3.45. The molecule has 20 heavy (non-hydrogen) atoms. The summed E-state index contributed by atoms with van der Waals surface area (Å²) in [5.74, 6) is 0.0496. The zero-order valence-electron chi connectivity index (χ0n) is 12.8. The van der Waals surface area contributed by atoms with Crippen LogP contribution in [0.3, 0.4) is 0 Å². The van der Waals surface area contributed by atoms with Gasteiger partial charge in [-0.25, -0.2) is 0 Å². The van der Waals surface area contributed by atoms with Gasteiger partial charge in [0.25, 0.3) is 0 Å². The molecule has 110 valence electrons. The summed E-state index contributed by atoms with van der Waals surface area (Å²) in [7, 11) is 0. The van der Waals surface area contributed by atoms with Gasteiger partial charge in [0.05, 0.1) is 6.54 Å². The Labute approximate surface area is 122 Å². The number of carbonyl (C=O) groups is 1. The van der Waals surface area contributed by atoms with Crippen molar-refractivity contribution in [2.24, 2.45) is 0 Å². The molecular formula is C17H26N2O. The molecule has 3 heteroatoms. The van der Waals surface area contributed by atoms with E-state index in [2.05, 4.69) is 37.5 Å². The fourth-order valence-corrected chi connectivity index (χ4v) is 2.81. The number of hydrogen-bond donors (Lipinski definition) is 2. The Balaban J connectivity index is 1.93. The summed E-state index contributed by atoms with van der Waals surface area (Å²) in [6.07, 6.45) is 4.97. The zero-order chi connectivity index (χ0) is 14.6. The van der Waals surface area contributed by atoms with E-state index in [0.717, 1.165) is 5.69 Å². The van der Waals surface area contributed by atoms with Crippen LogP contribution in [0.2, 0.25) is 0 Å². The summed E-state index contributed by atoms with van der Waals surface area (Å²) in [4.78, 5) is 12.1. The Morgan fingerprint density at radius 3 is 2.50 bits per heavy atom. The first-order valence-corrected chi connectivity index (χ1v) is 7.59. The third-order valence-corrected chi connectivity index (χ3v) is 3.92. The van der Waals surface area contributed by atoms with Crippen LogP contribution in [0.5, 0.6) is 0 Å². The number of amides is 1. The standard InChI is InChI=1S/C17H26N2O/c1-17(2,3)14-10-6-7-11-15(14)19-16(20)12-18-13-8-4-5-9-13/h6-7,10-11,13,18H,4-5,8-9,12H2,1-3H3,(H,19,20). The largest absolute Gasteiger partial charge is 0.325 e. The quantitative estimate of drug-likeness (QED) is 0.883. The molecule has 2 rings (SSSR count). The van der Waals surface area contributed by atoms with Crippen molar-refractivity contribution >= 4 is 11.6 Å². The van der Waals surface area contributed by atoms with E-state index in [4.69, 9.17) is 0 Å². The van der Waals surface area contributed by atoms with E-state index in [1.165, 1.54) is 31.2 Å². The zero-order valence-corrected chi connectivity index (χ0v) is 12.8. The minimum absolute atomic E-state index is 0.0305. The topological polar surface area (TPSA) is 41.1 Å². The van der Waals surface area contributed by atoms with Crippen molar-refractivity contribution in [3.8, 4) is 0 Å². The molecule has 0 radical (unpaired) electrons. The number of benzene rings is 1. The molecule has 1 fully saturated rings. The Hall–Kier alpha value is -1.35. The highest BCUT2D eigenvalue weighted by atomic mass is 16.1. The van der Waals surface area contributed by atoms with E-state index in [9.17, 15) is 4.79 Å². The Bertz CT molecular complexity index is 456. The fourth-order valence-electron chi connectivity index (χ4n) is 2.81. The van der Waals surface area contributed by atoms with Crippen LogP contribution in [0.4, 0.5) is 5.69 Å². The lowest BCUT2D eigenvalue weighted by Crippen LogP contribution is -2.34. The molecule has 1 aromatic rings. The van der Waals surface area contributed by atoms with Gasteiger partial charge in [-0.3, -0.25) is 4.79 Å². The molecule has 0 aliphatic heterocycles. The molecular weight excluding hydrogens is 248 g/mol. The van der Waals surface area contributed by atoms with Gasteiger partial charge in [-0.15, -0.1) is 0 Å². The first-order chi connectivity index (χ1) is 9.47. The van der Waals surface area contributed by atoms with Gasteiger partial charge in [0, 0.05) is 11.7 Å². The first kappa shape index (κ1) is 15.0. The molecule has 0 unspecified atom stereocenters. The number of anilines is 1. The molecule has 0 saturated heterocycles. The number of nitrogens with one attached hydrogen (secondary N) is 2. The van der Waals surface area contributed by atoms with Gasteiger partial charge in [-0.05, 0) is 29.9 Å². The second-order valence-electron chi connectivity index (χ2n) is 6.71. The third kappa shape index (κ3) is 4.07. The van der Waals surface area contributed by atoms with Gasteiger partial charge < -0.3 is 10.6 Å². The summed E-state index contributed by atoms with van der Waals surface area (Å²) < 4.78 is 0. The highest BCUT2D eigenvalue weighted by molar-refractivity contribution is 5.93. The number of para-hydroxylation sites is 1. The Kier molecular flexibility index (Phi) is 4.81. The van der Waals surface area contributed by atoms with Crippen LogP contribution in [0, 0.1) is 0 Å². The summed E-state index contributed by atoms with van der Waals surface area (Å²) >= 11 is 0. The maximum absolute atomic E-state index is 12.1. The minimum atomic E-state index is 0.0305. The summed E-state index contributed by atoms with van der Waals surface area (Å²) in [5.41, 5.74) is 2.13. The van der Waals surface area contributed by atoms with Gasteiger partial charge in [-0.2, -0.15) is 0 Å². The van der Waals surface area contributed by atoms with Gasteiger partial charge in [0.2, 0.25) is 5.91 Å². The van der Waals surface area contributed by atoms with Crippen LogP contribution in [0.15, 0.2) is 24.3 Å². The molecule has 0 aromatic heterocycles. The number of rotatable bonds is 4. The normalized spacial score (nSPS) is 16.4. The molecule has 1 aliphatic rings. The lowest BCUT2D eigenvalue weighted by molar-refractivity contribution is -0.115. The summed E-state index contributed by atoms with van der Waals surface area (Å²) in [5, 5.41) is 6.39. The SMILES string of the molecule is CC(C)(C)c1ccccc1NC(=O)CNC1CCCC1. The highest BCUT2D eigenvalue weighted by Gasteiger charge is 2.19. The average Bonchev–Trinajstić information content (AvgIpc) is 2.89. The van der Waals surface area contributed by atoms with Crippen molar-refractivity contribution < 1.29 is 4.79 Å². The molecule has 0 bridgehead atoms. The van der Waals surface area contributed by atoms with Crippen LogP contribution in [-0.2, 0) is 10.2 Å². The summed E-state index contributed by atoms with van der Waals surface area (Å²) in [6.45, 7) is 6.89. The third-order valence-electron chi connectivity index (χ3n) is 3.92. The van der Waals surface area contributed by atoms with Crippen molar-refractivity contribution in [3.05, 3.63) is 29.8 Å². The van der Waals surface area contributed by atoms with Gasteiger partial charge in [0.1, 0.15) is 0 Å². The fraction of sp³-hybridized carbons (Fsp3) is 0.588. The van der Waals surface area contributed by atoms with E-state index in [1.54, 1.807) is 0 Å². The van der Waals surface area contributed by atoms with Gasteiger partial charge in [-0.1, -0.05) is 51.8 Å². The summed E-state index contributed by atoms with van der Waals surface area (Å²) in [6, 6.07) is 8.58. The first-order valence-electron chi connectivity index (χ1n) is 7.59. The maximum atomic E-state index is 12.1. The molecule has 0 atom stereocenters. The predicted molar refractivity (Wildman–Crippen MR) is 84.0 cm³/mol. The van der Waals surface area contributed by atoms with E-state index in [1.807, 2.05) is 18.2 Å². The lowest BCUT2D eigenvalue weighted by Gasteiger charge is -2.23. The Morgan fingerprint density at radius 1 is 1.20 bits per heavy atom. The van der Waals surface area contributed by atoms with Crippen LogP contribution in [0.25, 0.3) is 0 Å². The van der Waals surface area contributed by atoms with E-state index in [0.29, 0.717) is 12.6 Å². The van der Waals surface area contributed by atoms with Crippen molar-refractivity contribution in [1.29, 1.82) is 0 Å². The van der Waals surface area contributed by atoms with E-state index < -0.39 is 0 Å². The van der Waals surface area contributed by atoms with Crippen molar-refractivity contribution in [3.63, 3.8) is 0 Å². The molecule has 1 aliphatic carbocycles. The average molecular weight is 274 g/mol. The molecule has 0 spiro atoms. The van der Waals surface area contributed by atoms with Gasteiger partial charge >= 0.3 is 0 Å². The molecule has 1 aromatic carbocycles. The lowest BCUT2D eigenvalue weighted by atomic mass is 9.86. The maximum Gasteiger partial charge on any atom is 0.238 e. The van der Waals surface area contributed by atoms with Crippen LogP contribution in [-0.4, -0.2) is 18.5 Å². The second-order valence-corrected chi connectivity index (χ2v) is 6.71.